The Bertz CT molecular complexity index is 409. The van der Waals surface area contributed by atoms with Crippen LogP contribution >= 0.6 is 0 Å². The molecule has 5 heteroatoms. The van der Waals surface area contributed by atoms with Crippen molar-refractivity contribution >= 4 is 12.3 Å². The number of hydrogen-bond donors (Lipinski definition) is 2. The van der Waals surface area contributed by atoms with Gasteiger partial charge in [0.1, 0.15) is 5.54 Å². The lowest BCUT2D eigenvalue weighted by Gasteiger charge is -2.46. The van der Waals surface area contributed by atoms with Gasteiger partial charge in [0.15, 0.2) is 0 Å². The monoisotopic (exact) mass is 263 g/mol. The maximum Gasteiger partial charge on any atom is 0.248 e. The summed E-state index contributed by atoms with van der Waals surface area (Å²) in [6.07, 6.45) is 6.72. The zero-order valence-electron chi connectivity index (χ0n) is 11.3. The van der Waals surface area contributed by atoms with Crippen LogP contribution in [0.15, 0.2) is 37.0 Å². The van der Waals surface area contributed by atoms with E-state index in [1.54, 1.807) is 30.2 Å². The van der Waals surface area contributed by atoms with Crippen LogP contribution in [-0.2, 0) is 9.59 Å². The van der Waals surface area contributed by atoms with Gasteiger partial charge in [0.2, 0.25) is 12.3 Å². The fourth-order valence-electron chi connectivity index (χ4n) is 2.30. The maximum atomic E-state index is 12.4. The van der Waals surface area contributed by atoms with Crippen LogP contribution in [0.4, 0.5) is 0 Å². The molecular formula is C14H21N3O2. The second-order valence-electron chi connectivity index (χ2n) is 4.93. The summed E-state index contributed by atoms with van der Waals surface area (Å²) in [5, 5.41) is 2.61. The fraction of sp³-hybridized carbons (Fsp3) is 0.429. The predicted molar refractivity (Wildman–Crippen MR) is 75.3 cm³/mol. The van der Waals surface area contributed by atoms with E-state index in [1.165, 1.54) is 0 Å². The molecule has 2 amide bonds. The highest BCUT2D eigenvalue weighted by Crippen LogP contribution is 2.32. The molecule has 1 aliphatic carbocycles. The van der Waals surface area contributed by atoms with Crippen LogP contribution in [0.3, 0.4) is 0 Å². The standard InChI is InChI=1S/C14H21N3O2/c1-4-5-6-11(2)9-17(3)13(19)14(16-10-18)7-12(15)8-14/h4-6,10,12H,1-2,7-9,15H2,3H3,(H,16,18)/b6-5-. The van der Waals surface area contributed by atoms with Crippen molar-refractivity contribution in [1.29, 1.82) is 0 Å². The van der Waals surface area contributed by atoms with Gasteiger partial charge in [0.25, 0.3) is 0 Å². The Balaban J connectivity index is 2.65. The number of nitrogens with one attached hydrogen (secondary N) is 1. The molecule has 0 aromatic carbocycles. The molecule has 0 aromatic rings. The van der Waals surface area contributed by atoms with Crippen molar-refractivity contribution < 1.29 is 9.59 Å². The van der Waals surface area contributed by atoms with Crippen LogP contribution in [0.2, 0.25) is 0 Å². The van der Waals surface area contributed by atoms with Crippen LogP contribution in [0.25, 0.3) is 0 Å². The van der Waals surface area contributed by atoms with Crippen molar-refractivity contribution in [1.82, 2.24) is 10.2 Å². The number of allylic oxidation sites excluding steroid dienone is 2. The first-order valence-electron chi connectivity index (χ1n) is 6.14. The van der Waals surface area contributed by atoms with Crippen LogP contribution < -0.4 is 11.1 Å². The molecule has 0 aliphatic heterocycles. The smallest absolute Gasteiger partial charge is 0.248 e. The molecule has 1 fully saturated rings. The van der Waals surface area contributed by atoms with Crippen molar-refractivity contribution in [2.75, 3.05) is 13.6 Å². The SMILES string of the molecule is C=C/C=C\C(=C)CN(C)C(=O)C1(NC=O)CC(N)C1. The summed E-state index contributed by atoms with van der Waals surface area (Å²) in [6, 6.07) is -0.0336. The topological polar surface area (TPSA) is 75.4 Å². The van der Waals surface area contributed by atoms with Crippen LogP contribution in [0.1, 0.15) is 12.8 Å². The van der Waals surface area contributed by atoms with E-state index in [0.717, 1.165) is 5.57 Å². The van der Waals surface area contributed by atoms with E-state index >= 15 is 0 Å². The second-order valence-corrected chi connectivity index (χ2v) is 4.93. The van der Waals surface area contributed by atoms with E-state index in [2.05, 4.69) is 18.5 Å². The van der Waals surface area contributed by atoms with Gasteiger partial charge in [-0.05, 0) is 18.4 Å². The highest BCUT2D eigenvalue weighted by atomic mass is 16.2. The van der Waals surface area contributed by atoms with Gasteiger partial charge in [-0.1, -0.05) is 31.4 Å². The molecule has 0 bridgehead atoms. The van der Waals surface area contributed by atoms with Crippen LogP contribution in [0.5, 0.6) is 0 Å². The van der Waals surface area contributed by atoms with Gasteiger partial charge in [-0.2, -0.15) is 0 Å². The molecule has 1 aliphatic rings. The van der Waals surface area contributed by atoms with E-state index in [0.29, 0.717) is 25.8 Å². The van der Waals surface area contributed by atoms with Gasteiger partial charge in [-0.3, -0.25) is 9.59 Å². The second kappa shape index (κ2) is 6.33. The molecule has 0 saturated heterocycles. The summed E-state index contributed by atoms with van der Waals surface area (Å²) in [5.41, 5.74) is 5.68. The number of rotatable bonds is 7. The van der Waals surface area contributed by atoms with Crippen molar-refractivity contribution in [3.05, 3.63) is 37.0 Å². The molecule has 3 N–H and O–H groups in total. The average Bonchev–Trinajstić information content (AvgIpc) is 2.33. The predicted octanol–water partition coefficient (Wildman–Crippen LogP) is 0.349. The summed E-state index contributed by atoms with van der Waals surface area (Å²) in [6.45, 7) is 7.83. The molecule has 0 radical (unpaired) electrons. The van der Waals surface area contributed by atoms with Crippen molar-refractivity contribution in [3.8, 4) is 0 Å². The average molecular weight is 263 g/mol. The largest absolute Gasteiger partial charge is 0.344 e. The third-order valence-electron chi connectivity index (χ3n) is 3.22. The minimum atomic E-state index is -0.835. The number of carbonyl (C=O) groups is 2. The van der Waals surface area contributed by atoms with Crippen molar-refractivity contribution in [3.63, 3.8) is 0 Å². The lowest BCUT2D eigenvalue weighted by Crippen LogP contribution is -2.67. The van der Waals surface area contributed by atoms with Gasteiger partial charge in [0.05, 0.1) is 0 Å². The molecular weight excluding hydrogens is 242 g/mol. The summed E-state index contributed by atoms with van der Waals surface area (Å²) in [7, 11) is 1.69. The Labute approximate surface area is 113 Å². The summed E-state index contributed by atoms with van der Waals surface area (Å²) < 4.78 is 0. The first-order chi connectivity index (χ1) is 8.95. The normalized spacial score (nSPS) is 25.5. The first-order valence-corrected chi connectivity index (χ1v) is 6.14. The molecule has 0 atom stereocenters. The molecule has 1 rings (SSSR count). The Hall–Kier alpha value is -1.88. The van der Waals surface area contributed by atoms with Gasteiger partial charge < -0.3 is 16.0 Å². The third kappa shape index (κ3) is 3.54. The highest BCUT2D eigenvalue weighted by molar-refractivity contribution is 5.89. The molecule has 0 heterocycles. The quantitative estimate of drug-likeness (QED) is 0.514. The lowest BCUT2D eigenvalue weighted by molar-refractivity contribution is -0.143. The first kappa shape index (κ1) is 15.2. The Kier molecular flexibility index (Phi) is 5.06. The van der Waals surface area contributed by atoms with Crippen LogP contribution in [0, 0.1) is 0 Å². The molecule has 1 saturated carbocycles. The Morgan fingerprint density at radius 2 is 2.21 bits per heavy atom. The number of nitrogens with two attached hydrogens (primary N) is 1. The molecule has 104 valence electrons. The van der Waals surface area contributed by atoms with Gasteiger partial charge in [0, 0.05) is 19.6 Å². The molecule has 0 spiro atoms. The number of likely N-dealkylation sites (N-methyl/N-ethyl adjacent to an activating group) is 1. The number of carbonyl (C=O) groups excluding carboxylic acids is 2. The number of nitrogens with zero attached hydrogens (tertiary/aromatic N) is 1. The molecule has 5 nitrogen and oxygen atoms in total. The zero-order chi connectivity index (χ0) is 14.5. The van der Waals surface area contributed by atoms with E-state index < -0.39 is 5.54 Å². The molecule has 0 unspecified atom stereocenters. The number of amides is 2. The summed E-state index contributed by atoms with van der Waals surface area (Å²) >= 11 is 0. The lowest BCUT2D eigenvalue weighted by atomic mass is 9.72. The minimum Gasteiger partial charge on any atom is -0.344 e. The van der Waals surface area contributed by atoms with E-state index in [1.807, 2.05) is 0 Å². The molecule has 19 heavy (non-hydrogen) atoms. The fourth-order valence-corrected chi connectivity index (χ4v) is 2.30. The highest BCUT2D eigenvalue weighted by Gasteiger charge is 2.49. The summed E-state index contributed by atoms with van der Waals surface area (Å²) in [5.74, 6) is -0.130. The number of hydrogen-bond acceptors (Lipinski definition) is 3. The Morgan fingerprint density at radius 3 is 2.68 bits per heavy atom. The zero-order valence-corrected chi connectivity index (χ0v) is 11.3. The molecule has 0 aromatic heterocycles. The van der Waals surface area contributed by atoms with E-state index in [-0.39, 0.29) is 11.9 Å². The van der Waals surface area contributed by atoms with E-state index in [4.69, 9.17) is 5.73 Å². The Morgan fingerprint density at radius 1 is 1.58 bits per heavy atom. The maximum absolute atomic E-state index is 12.4. The third-order valence-corrected chi connectivity index (χ3v) is 3.22. The van der Waals surface area contributed by atoms with E-state index in [9.17, 15) is 9.59 Å². The van der Waals surface area contributed by atoms with Gasteiger partial charge >= 0.3 is 0 Å². The van der Waals surface area contributed by atoms with Crippen molar-refractivity contribution in [2.45, 2.75) is 24.4 Å². The van der Waals surface area contributed by atoms with Crippen molar-refractivity contribution in [2.24, 2.45) is 5.73 Å². The van der Waals surface area contributed by atoms with Gasteiger partial charge in [-0.15, -0.1) is 0 Å². The summed E-state index contributed by atoms with van der Waals surface area (Å²) in [4.78, 5) is 24.6. The van der Waals surface area contributed by atoms with Crippen LogP contribution in [-0.4, -0.2) is 42.4 Å². The van der Waals surface area contributed by atoms with Gasteiger partial charge in [-0.25, -0.2) is 0 Å². The minimum absolute atomic E-state index is 0.0336.